The lowest BCUT2D eigenvalue weighted by atomic mass is 9.84. The number of carbonyl (C=O) groups is 10. The summed E-state index contributed by atoms with van der Waals surface area (Å²) in [5, 5.41) is 46.0. The molecule has 86 heavy (non-hydrogen) atoms. The van der Waals surface area contributed by atoms with Gasteiger partial charge in [0.1, 0.15) is 48.3 Å². The zero-order valence-corrected chi connectivity index (χ0v) is 49.0. The van der Waals surface area contributed by atoms with E-state index in [0.717, 1.165) is 29.7 Å². The summed E-state index contributed by atoms with van der Waals surface area (Å²) in [6.45, 7) is -0.170. The Balaban J connectivity index is 1.01. The normalized spacial score (nSPS) is 23.2. The maximum absolute atomic E-state index is 15.1. The average Bonchev–Trinajstić information content (AvgIpc) is 1.95. The van der Waals surface area contributed by atoms with Crippen LogP contribution in [0.2, 0.25) is 0 Å². The fourth-order valence-corrected chi connectivity index (χ4v) is 13.0. The van der Waals surface area contributed by atoms with Gasteiger partial charge < -0.3 is 90.2 Å². The van der Waals surface area contributed by atoms with Crippen molar-refractivity contribution >= 4 is 82.4 Å². The van der Waals surface area contributed by atoms with Crippen molar-refractivity contribution in [3.05, 3.63) is 57.8 Å². The van der Waals surface area contributed by atoms with Gasteiger partial charge in [-0.05, 0) is 93.2 Å². The summed E-state index contributed by atoms with van der Waals surface area (Å²) in [4.78, 5) is 153. The van der Waals surface area contributed by atoms with Crippen LogP contribution in [0.25, 0.3) is 0 Å². The molecule has 1 aromatic heterocycles. The second-order valence-electron chi connectivity index (χ2n) is 22.6. The van der Waals surface area contributed by atoms with Crippen molar-refractivity contribution in [3.8, 4) is 0 Å². The van der Waals surface area contributed by atoms with E-state index in [1.54, 1.807) is 35.7 Å². The molecule has 5 aliphatic rings. The molecule has 5 heterocycles. The number of aliphatic imine (C=N–C) groups is 2. The molecule has 4 aliphatic heterocycles. The Morgan fingerprint density at radius 3 is 2.05 bits per heavy atom. The number of carboxylic acids is 1. The van der Waals surface area contributed by atoms with Gasteiger partial charge in [-0.3, -0.25) is 57.9 Å². The van der Waals surface area contributed by atoms with Crippen LogP contribution >= 0.6 is 11.3 Å². The summed E-state index contributed by atoms with van der Waals surface area (Å²) in [7, 11) is 0. The van der Waals surface area contributed by atoms with E-state index in [0.29, 0.717) is 36.1 Å². The Labute approximate surface area is 501 Å². The number of hydrogen-bond acceptors (Lipinski definition) is 16. The number of carboxylic acid groups (broad SMARTS) is 1. The number of amides is 9. The maximum Gasteiger partial charge on any atom is 0.325 e. The molecule has 0 radical (unpaired) electrons. The first-order valence-electron chi connectivity index (χ1n) is 29.3. The van der Waals surface area contributed by atoms with Crippen LogP contribution in [-0.2, 0) is 67.3 Å². The van der Waals surface area contributed by atoms with Crippen LogP contribution in [0, 0.1) is 5.92 Å². The number of thiophene rings is 1. The lowest BCUT2D eigenvalue weighted by Crippen LogP contribution is -2.63. The number of likely N-dealkylation sites (tertiary alicyclic amines) is 3. The molecule has 1 aliphatic carbocycles. The van der Waals surface area contributed by atoms with Crippen molar-refractivity contribution in [2.75, 3.05) is 39.3 Å². The molecule has 1 saturated carbocycles. The van der Waals surface area contributed by atoms with Crippen LogP contribution in [0.4, 0.5) is 0 Å². The van der Waals surface area contributed by atoms with Crippen LogP contribution in [0.5, 0.6) is 0 Å². The minimum atomic E-state index is -1.64. The molecule has 0 spiro atoms. The molecule has 470 valence electrons. The number of aliphatic carboxylic acids is 1. The molecule has 29 nitrogen and oxygen atoms in total. The largest absolute Gasteiger partial charge is 0.480 e. The number of nitrogens with two attached hydrogens (primary N) is 5. The first kappa shape index (κ1) is 65.6. The molecule has 18 N–H and O–H groups in total. The standard InChI is InChI=1S/C56H82N16O13S/c1-30(54(84)85)65-49(79)43-23-32-11-4-5-16-40(32)72(43)53(83)44-22-31-10-2-3-12-33(31)27-70(44)51(81)39(29-73)68-47(77)38(25-35-13-9-21-86-35)66-45(75)26-64-48(78)42-24-34(74)28-71(42)52(82)41-17-8-20-69(41)50(80)37(15-7-19-63-56(60)61)67-46(76)36(57)14-6-18-62-55(58)59/h2-3,9-10,12-13,21,30,32,34,36-44,73-74H,4-8,11,14-20,22-29,57H2,1H3,(H,64,78)(H,65,79)(H,66,75)(H,67,76)(H,68,77)(H,84,85)(H4,58,59,62)(H4,60,61,63)/t30-,32-,34+,36+,37-,38-,39-,40-,41-,42-,43-,44+/m0/s1. The van der Waals surface area contributed by atoms with Crippen molar-refractivity contribution in [1.29, 1.82) is 0 Å². The van der Waals surface area contributed by atoms with E-state index < -0.39 is 133 Å². The van der Waals surface area contributed by atoms with Crippen molar-refractivity contribution in [3.63, 3.8) is 0 Å². The van der Waals surface area contributed by atoms with E-state index in [4.69, 9.17) is 28.7 Å². The van der Waals surface area contributed by atoms with Gasteiger partial charge in [0.25, 0.3) is 0 Å². The fraction of sp³-hybridized carbons (Fsp3) is 0.607. The summed E-state index contributed by atoms with van der Waals surface area (Å²) >= 11 is 1.28. The summed E-state index contributed by atoms with van der Waals surface area (Å²) in [5.41, 5.74) is 29.4. The van der Waals surface area contributed by atoms with E-state index in [1.807, 2.05) is 6.07 Å². The molecule has 1 aromatic carbocycles. The summed E-state index contributed by atoms with van der Waals surface area (Å²) < 4.78 is 0. The smallest absolute Gasteiger partial charge is 0.325 e. The van der Waals surface area contributed by atoms with Crippen LogP contribution in [0.1, 0.15) is 100.0 Å². The number of guanidine groups is 2. The molecule has 4 fully saturated rings. The maximum atomic E-state index is 15.1. The highest BCUT2D eigenvalue weighted by Crippen LogP contribution is 2.41. The average molecular weight is 1220 g/mol. The highest BCUT2D eigenvalue weighted by Gasteiger charge is 2.52. The van der Waals surface area contributed by atoms with Gasteiger partial charge in [0.15, 0.2) is 11.9 Å². The van der Waals surface area contributed by atoms with Gasteiger partial charge in [-0.25, -0.2) is 0 Å². The van der Waals surface area contributed by atoms with Gasteiger partial charge in [0, 0.05) is 62.9 Å². The quantitative estimate of drug-likeness (QED) is 0.0242. The third-order valence-corrected chi connectivity index (χ3v) is 17.5. The number of aliphatic hydroxyl groups excluding tert-OH is 2. The Hall–Kier alpha value is -7.96. The number of aliphatic hydroxyl groups is 2. The number of rotatable bonds is 26. The molecular formula is C56H82N16O13S. The Bertz CT molecular complexity index is 2850. The zero-order valence-electron chi connectivity index (χ0n) is 48.2. The predicted octanol–water partition coefficient (Wildman–Crippen LogP) is -4.06. The summed E-state index contributed by atoms with van der Waals surface area (Å²) in [6, 6.07) is -0.688. The molecule has 30 heteroatoms. The topological polar surface area (TPSA) is 459 Å². The summed E-state index contributed by atoms with van der Waals surface area (Å²) in [6.07, 6.45) is 3.46. The number of β-amino-alcohol motifs (C(OH)–C–C–N with tert-alkyl or cyclic N) is 1. The number of fused-ring (bicyclic) bond motifs is 2. The van der Waals surface area contributed by atoms with Crippen molar-refractivity contribution < 1.29 is 63.3 Å². The lowest BCUT2D eigenvalue weighted by molar-refractivity contribution is -0.153. The third-order valence-electron chi connectivity index (χ3n) is 16.6. The van der Waals surface area contributed by atoms with E-state index >= 15 is 4.79 Å². The van der Waals surface area contributed by atoms with E-state index in [9.17, 15) is 58.5 Å². The molecular weight excluding hydrogens is 1140 g/mol. The Morgan fingerprint density at radius 2 is 1.37 bits per heavy atom. The zero-order chi connectivity index (χ0) is 62.4. The van der Waals surface area contributed by atoms with E-state index in [2.05, 4.69) is 36.6 Å². The van der Waals surface area contributed by atoms with Gasteiger partial charge in [0.2, 0.25) is 53.2 Å². The minimum Gasteiger partial charge on any atom is -0.480 e. The monoisotopic (exact) mass is 1220 g/mol. The van der Waals surface area contributed by atoms with Crippen molar-refractivity contribution in [1.82, 2.24) is 46.2 Å². The highest BCUT2D eigenvalue weighted by atomic mass is 32.1. The second-order valence-corrected chi connectivity index (χ2v) is 23.7. The van der Waals surface area contributed by atoms with Gasteiger partial charge >= 0.3 is 5.97 Å². The highest BCUT2D eigenvalue weighted by molar-refractivity contribution is 7.09. The van der Waals surface area contributed by atoms with Crippen molar-refractivity contribution in [2.24, 2.45) is 44.6 Å². The lowest BCUT2D eigenvalue weighted by Gasteiger charge is -2.42. The minimum absolute atomic E-state index is 0.0330. The Morgan fingerprint density at radius 1 is 0.698 bits per heavy atom. The number of nitrogens with zero attached hydrogens (tertiary/aromatic N) is 6. The molecule has 9 amide bonds. The molecule has 12 atom stereocenters. The number of nitrogens with one attached hydrogen (secondary N) is 5. The van der Waals surface area contributed by atoms with Gasteiger partial charge in [0.05, 0.1) is 25.3 Å². The van der Waals surface area contributed by atoms with Crippen molar-refractivity contribution in [2.45, 2.75) is 170 Å². The van der Waals surface area contributed by atoms with Crippen LogP contribution in [0.3, 0.4) is 0 Å². The first-order valence-corrected chi connectivity index (χ1v) is 30.1. The fourth-order valence-electron chi connectivity index (χ4n) is 12.2. The van der Waals surface area contributed by atoms with Gasteiger partial charge in [-0.1, -0.05) is 43.2 Å². The van der Waals surface area contributed by atoms with Gasteiger partial charge in [-0.2, -0.15) is 0 Å². The van der Waals surface area contributed by atoms with Crippen LogP contribution < -0.4 is 55.3 Å². The molecule has 3 saturated heterocycles. The molecule has 0 bridgehead atoms. The molecule has 7 rings (SSSR count). The third kappa shape index (κ3) is 16.7. The summed E-state index contributed by atoms with van der Waals surface area (Å²) in [5.74, 6) is -7.92. The van der Waals surface area contributed by atoms with Crippen LogP contribution in [-0.4, -0.2) is 212 Å². The molecule has 0 unspecified atom stereocenters. The van der Waals surface area contributed by atoms with E-state index in [-0.39, 0.29) is 102 Å². The van der Waals surface area contributed by atoms with E-state index in [1.165, 1.54) is 33.0 Å². The Kier molecular flexibility index (Phi) is 23.2. The molecule has 2 aromatic rings. The SMILES string of the molecule is C[C@H](NC(=O)[C@@H]1C[C@@H]2CCCC[C@@H]2N1C(=O)[C@H]1Cc2ccccc2CN1C(=O)[C@H](CO)NC(=O)[C@H](Cc1cccs1)NC(=O)CNC(=O)[C@@H]1C[C@@H](O)CN1C(=O)[C@@H]1CCCN1C(=O)[C@H](CCCN=C(N)N)NC(=O)[C@H](N)CCCN=C(N)N)C(=O)O. The first-order chi connectivity index (χ1) is 41.1. The predicted molar refractivity (Wildman–Crippen MR) is 313 cm³/mol. The number of carbonyl (C=O) groups excluding carboxylic acids is 9. The number of hydrogen-bond donors (Lipinski definition) is 13. The number of benzene rings is 1. The van der Waals surface area contributed by atoms with Crippen LogP contribution in [0.15, 0.2) is 51.8 Å². The van der Waals surface area contributed by atoms with Gasteiger partial charge in [-0.15, -0.1) is 11.3 Å². The second kappa shape index (κ2) is 30.4.